The largest absolute Gasteiger partial charge is 0.465 e. The van der Waals surface area contributed by atoms with Crippen molar-refractivity contribution < 1.29 is 14.5 Å². The van der Waals surface area contributed by atoms with Gasteiger partial charge in [-0.05, 0) is 11.6 Å². The number of nitriles is 1. The Hall–Kier alpha value is -2.46. The number of carbonyl (C=O) groups is 1. The number of nitrogens with two attached hydrogens (primary N) is 1. The van der Waals surface area contributed by atoms with E-state index < -0.39 is 10.9 Å². The third-order valence-corrected chi connectivity index (χ3v) is 2.16. The van der Waals surface area contributed by atoms with Crippen LogP contribution < -0.4 is 5.73 Å². The SMILES string of the molecule is COC(=O)c1cc(C#N)c([N+](=O)[O-])cc1CN. The molecule has 7 heteroatoms. The van der Waals surface area contributed by atoms with E-state index in [0.717, 1.165) is 12.1 Å². The van der Waals surface area contributed by atoms with E-state index in [1.54, 1.807) is 6.07 Å². The number of nitro groups is 1. The number of methoxy groups -OCH3 is 1. The Kier molecular flexibility index (Phi) is 3.74. The Balaban J connectivity index is 3.50. The van der Waals surface area contributed by atoms with Crippen molar-refractivity contribution in [3.8, 4) is 6.07 Å². The second-order valence-corrected chi connectivity index (χ2v) is 3.09. The molecule has 1 aromatic carbocycles. The van der Waals surface area contributed by atoms with E-state index in [1.807, 2.05) is 0 Å². The molecule has 0 heterocycles. The number of carbonyl (C=O) groups excluding carboxylic acids is 1. The summed E-state index contributed by atoms with van der Waals surface area (Å²) >= 11 is 0. The van der Waals surface area contributed by atoms with E-state index in [0.29, 0.717) is 0 Å². The molecule has 0 fully saturated rings. The zero-order chi connectivity index (χ0) is 13.0. The van der Waals surface area contributed by atoms with Crippen LogP contribution in [0.1, 0.15) is 21.5 Å². The molecule has 0 aromatic heterocycles. The van der Waals surface area contributed by atoms with Crippen LogP contribution in [0.4, 0.5) is 5.69 Å². The second kappa shape index (κ2) is 5.05. The van der Waals surface area contributed by atoms with Gasteiger partial charge < -0.3 is 10.5 Å². The lowest BCUT2D eigenvalue weighted by molar-refractivity contribution is -0.385. The van der Waals surface area contributed by atoms with Crippen LogP contribution in [0.2, 0.25) is 0 Å². The summed E-state index contributed by atoms with van der Waals surface area (Å²) in [5.41, 5.74) is 5.15. The Morgan fingerprint density at radius 3 is 2.71 bits per heavy atom. The second-order valence-electron chi connectivity index (χ2n) is 3.09. The number of nitro benzene ring substituents is 1. The van der Waals surface area contributed by atoms with Gasteiger partial charge in [-0.3, -0.25) is 10.1 Å². The third kappa shape index (κ3) is 2.38. The average molecular weight is 235 g/mol. The molecule has 17 heavy (non-hydrogen) atoms. The standard InChI is InChI=1S/C10H9N3O4/c1-17-10(14)8-2-7(5-12)9(13(15)16)3-6(8)4-11/h2-3H,4,11H2,1H3. The maximum absolute atomic E-state index is 11.4. The molecule has 0 spiro atoms. The predicted octanol–water partition coefficient (Wildman–Crippen LogP) is 0.712. The van der Waals surface area contributed by atoms with Gasteiger partial charge in [0, 0.05) is 12.6 Å². The summed E-state index contributed by atoms with van der Waals surface area (Å²) in [7, 11) is 1.18. The highest BCUT2D eigenvalue weighted by Crippen LogP contribution is 2.23. The Labute approximate surface area is 96.6 Å². The van der Waals surface area contributed by atoms with Crippen molar-refractivity contribution >= 4 is 11.7 Å². The zero-order valence-corrected chi connectivity index (χ0v) is 8.97. The summed E-state index contributed by atoms with van der Waals surface area (Å²) in [5, 5.41) is 19.5. The van der Waals surface area contributed by atoms with E-state index in [9.17, 15) is 14.9 Å². The van der Waals surface area contributed by atoms with Gasteiger partial charge in [-0.1, -0.05) is 0 Å². The van der Waals surface area contributed by atoms with Crippen LogP contribution in [0.15, 0.2) is 12.1 Å². The summed E-state index contributed by atoms with van der Waals surface area (Å²) < 4.78 is 4.50. The fraction of sp³-hybridized carbons (Fsp3) is 0.200. The van der Waals surface area contributed by atoms with Crippen LogP contribution in [-0.2, 0) is 11.3 Å². The minimum atomic E-state index is -0.696. The minimum Gasteiger partial charge on any atom is -0.465 e. The molecule has 0 unspecified atom stereocenters. The van der Waals surface area contributed by atoms with Crippen LogP contribution in [-0.4, -0.2) is 18.0 Å². The van der Waals surface area contributed by atoms with Crippen LogP contribution in [0.25, 0.3) is 0 Å². The molecule has 0 amide bonds. The summed E-state index contributed by atoms with van der Waals surface area (Å²) in [6, 6.07) is 3.89. The molecule has 7 nitrogen and oxygen atoms in total. The van der Waals surface area contributed by atoms with Crippen molar-refractivity contribution in [2.75, 3.05) is 7.11 Å². The van der Waals surface area contributed by atoms with Crippen molar-refractivity contribution in [2.24, 2.45) is 5.73 Å². The quantitative estimate of drug-likeness (QED) is 0.468. The zero-order valence-electron chi connectivity index (χ0n) is 8.97. The van der Waals surface area contributed by atoms with Gasteiger partial charge in [-0.25, -0.2) is 4.79 Å². The molecular weight excluding hydrogens is 226 g/mol. The van der Waals surface area contributed by atoms with Crippen molar-refractivity contribution in [2.45, 2.75) is 6.54 Å². The lowest BCUT2D eigenvalue weighted by Gasteiger charge is -2.06. The normalized spacial score (nSPS) is 9.47. The average Bonchev–Trinajstić information content (AvgIpc) is 2.35. The molecule has 0 aliphatic heterocycles. The molecular formula is C10H9N3O4. The first-order valence-electron chi connectivity index (χ1n) is 4.55. The van der Waals surface area contributed by atoms with E-state index in [1.165, 1.54) is 7.11 Å². The van der Waals surface area contributed by atoms with Crippen molar-refractivity contribution in [3.05, 3.63) is 38.9 Å². The highest BCUT2D eigenvalue weighted by molar-refractivity contribution is 5.92. The van der Waals surface area contributed by atoms with Gasteiger partial charge in [-0.2, -0.15) is 5.26 Å². The summed E-state index contributed by atoms with van der Waals surface area (Å²) in [5.74, 6) is -0.683. The monoisotopic (exact) mass is 235 g/mol. The molecule has 0 aliphatic carbocycles. The Morgan fingerprint density at radius 2 is 2.29 bits per heavy atom. The maximum Gasteiger partial charge on any atom is 0.338 e. The van der Waals surface area contributed by atoms with Crippen LogP contribution >= 0.6 is 0 Å². The molecule has 1 rings (SSSR count). The molecule has 1 aromatic rings. The topological polar surface area (TPSA) is 119 Å². The smallest absolute Gasteiger partial charge is 0.338 e. The van der Waals surface area contributed by atoms with E-state index in [2.05, 4.69) is 4.74 Å². The molecule has 0 saturated carbocycles. The van der Waals surface area contributed by atoms with Gasteiger partial charge in [0.15, 0.2) is 0 Å². The number of rotatable bonds is 3. The number of nitrogens with zero attached hydrogens (tertiary/aromatic N) is 2. The number of esters is 1. The fourth-order valence-corrected chi connectivity index (χ4v) is 1.34. The lowest BCUT2D eigenvalue weighted by Crippen LogP contribution is -2.10. The summed E-state index contributed by atoms with van der Waals surface area (Å²) in [6.45, 7) is -0.0585. The molecule has 0 atom stereocenters. The number of benzene rings is 1. The molecule has 88 valence electrons. The van der Waals surface area contributed by atoms with Gasteiger partial charge in [0.25, 0.3) is 5.69 Å². The first-order valence-corrected chi connectivity index (χ1v) is 4.55. The predicted molar refractivity (Wildman–Crippen MR) is 57.0 cm³/mol. The van der Waals surface area contributed by atoms with Crippen LogP contribution in [0.5, 0.6) is 0 Å². The third-order valence-electron chi connectivity index (χ3n) is 2.16. The van der Waals surface area contributed by atoms with Gasteiger partial charge in [0.05, 0.1) is 17.6 Å². The Bertz CT molecular complexity index is 519. The van der Waals surface area contributed by atoms with E-state index >= 15 is 0 Å². The van der Waals surface area contributed by atoms with Gasteiger partial charge >= 0.3 is 5.97 Å². The minimum absolute atomic E-state index is 0.0585. The van der Waals surface area contributed by atoms with Gasteiger partial charge in [0.1, 0.15) is 11.6 Å². The van der Waals surface area contributed by atoms with Gasteiger partial charge in [-0.15, -0.1) is 0 Å². The van der Waals surface area contributed by atoms with Crippen LogP contribution in [0, 0.1) is 21.4 Å². The summed E-state index contributed by atoms with van der Waals surface area (Å²) in [6.07, 6.45) is 0. The number of ether oxygens (including phenoxy) is 1. The van der Waals surface area contributed by atoms with E-state index in [4.69, 9.17) is 11.0 Å². The van der Waals surface area contributed by atoms with Crippen molar-refractivity contribution in [1.82, 2.24) is 0 Å². The number of hydrogen-bond donors (Lipinski definition) is 1. The highest BCUT2D eigenvalue weighted by Gasteiger charge is 2.21. The molecule has 0 saturated heterocycles. The van der Waals surface area contributed by atoms with Crippen molar-refractivity contribution in [1.29, 1.82) is 5.26 Å². The van der Waals surface area contributed by atoms with Crippen molar-refractivity contribution in [3.63, 3.8) is 0 Å². The first kappa shape index (κ1) is 12.6. The highest BCUT2D eigenvalue weighted by atomic mass is 16.6. The number of hydrogen-bond acceptors (Lipinski definition) is 6. The van der Waals surface area contributed by atoms with E-state index in [-0.39, 0.29) is 28.9 Å². The summed E-state index contributed by atoms with van der Waals surface area (Å²) in [4.78, 5) is 21.4. The maximum atomic E-state index is 11.4. The molecule has 0 bridgehead atoms. The first-order chi connectivity index (χ1) is 8.04. The fourth-order valence-electron chi connectivity index (χ4n) is 1.34. The Morgan fingerprint density at radius 1 is 1.65 bits per heavy atom. The van der Waals surface area contributed by atoms with Gasteiger partial charge in [0.2, 0.25) is 0 Å². The molecule has 2 N–H and O–H groups in total. The molecule has 0 aliphatic rings. The lowest BCUT2D eigenvalue weighted by atomic mass is 10.0. The molecule has 0 radical (unpaired) electrons. The van der Waals surface area contributed by atoms with Crippen LogP contribution in [0.3, 0.4) is 0 Å².